The molecule has 0 heteroatoms. The van der Waals surface area contributed by atoms with Gasteiger partial charge >= 0.3 is 0 Å². The van der Waals surface area contributed by atoms with Gasteiger partial charge in [-0.05, 0) is 67.5 Å². The Morgan fingerprint density at radius 1 is 0.583 bits per heavy atom. The van der Waals surface area contributed by atoms with E-state index >= 15 is 0 Å². The molecule has 0 spiro atoms. The van der Waals surface area contributed by atoms with E-state index in [-0.39, 0.29) is 10.8 Å². The Hall–Kier alpha value is -1.82. The van der Waals surface area contributed by atoms with E-state index in [1.165, 1.54) is 45.5 Å². The van der Waals surface area contributed by atoms with Gasteiger partial charge in [0, 0.05) is 0 Å². The van der Waals surface area contributed by atoms with Crippen molar-refractivity contribution in [2.75, 3.05) is 0 Å². The molecule has 0 aromatic heterocycles. The minimum absolute atomic E-state index is 0.204. The highest BCUT2D eigenvalue weighted by Gasteiger charge is 2.22. The summed E-state index contributed by atoms with van der Waals surface area (Å²) in [5.74, 6) is 0. The van der Waals surface area contributed by atoms with Gasteiger partial charge in [-0.15, -0.1) is 0 Å². The molecule has 0 amide bonds. The lowest BCUT2D eigenvalue weighted by atomic mass is 9.78. The third kappa shape index (κ3) is 2.35. The van der Waals surface area contributed by atoms with Crippen LogP contribution in [0.1, 0.15) is 63.8 Å². The fourth-order valence-corrected chi connectivity index (χ4v) is 4.04. The highest BCUT2D eigenvalue weighted by Crippen LogP contribution is 2.40. The summed E-state index contributed by atoms with van der Waals surface area (Å²) in [6.07, 6.45) is 2.33. The van der Waals surface area contributed by atoms with Gasteiger partial charge in [0.1, 0.15) is 0 Å². The summed E-state index contributed by atoms with van der Waals surface area (Å²) < 4.78 is 0. The summed E-state index contributed by atoms with van der Waals surface area (Å²) in [5.41, 5.74) is 6.41. The van der Waals surface area contributed by atoms with E-state index in [2.05, 4.69) is 77.9 Å². The third-order valence-electron chi connectivity index (χ3n) is 5.59. The monoisotopic (exact) mass is 316 g/mol. The molecule has 124 valence electrons. The molecule has 24 heavy (non-hydrogen) atoms. The molecule has 0 N–H and O–H groups in total. The SMILES string of the molecule is CC(C)(C)c1cc2c3c(ccc4cc(C(C)(C)C)cc(c43)CC2)c1. The Bertz CT molecular complexity index is 879. The average molecular weight is 316 g/mol. The van der Waals surface area contributed by atoms with Gasteiger partial charge in [-0.2, -0.15) is 0 Å². The zero-order chi connectivity index (χ0) is 17.3. The summed E-state index contributed by atoms with van der Waals surface area (Å²) >= 11 is 0. The summed E-state index contributed by atoms with van der Waals surface area (Å²) in [5, 5.41) is 5.83. The van der Waals surface area contributed by atoms with Crippen LogP contribution in [0.3, 0.4) is 0 Å². The van der Waals surface area contributed by atoms with Gasteiger partial charge in [0.05, 0.1) is 0 Å². The van der Waals surface area contributed by atoms with Crippen LogP contribution in [-0.4, -0.2) is 0 Å². The van der Waals surface area contributed by atoms with Gasteiger partial charge in [-0.3, -0.25) is 0 Å². The largest absolute Gasteiger partial charge is 0.0561 e. The normalized spacial score (nSPS) is 14.8. The van der Waals surface area contributed by atoms with Crippen LogP contribution in [-0.2, 0) is 23.7 Å². The second-order valence-electron chi connectivity index (χ2n) is 9.53. The van der Waals surface area contributed by atoms with E-state index in [9.17, 15) is 0 Å². The molecular weight excluding hydrogens is 288 g/mol. The molecule has 0 bridgehead atoms. The summed E-state index contributed by atoms with van der Waals surface area (Å²) in [7, 11) is 0. The maximum absolute atomic E-state index is 2.46. The molecule has 1 aliphatic rings. The van der Waals surface area contributed by atoms with Crippen molar-refractivity contribution in [3.63, 3.8) is 0 Å². The number of aryl methyl sites for hydroxylation is 2. The molecule has 0 fully saturated rings. The minimum atomic E-state index is 0.204. The van der Waals surface area contributed by atoms with E-state index < -0.39 is 0 Å². The van der Waals surface area contributed by atoms with Gasteiger partial charge in [0.25, 0.3) is 0 Å². The maximum Gasteiger partial charge on any atom is -0.00702 e. The Balaban J connectivity index is 2.09. The molecule has 0 nitrogen and oxygen atoms in total. The van der Waals surface area contributed by atoms with Crippen molar-refractivity contribution >= 4 is 21.5 Å². The van der Waals surface area contributed by atoms with Crippen LogP contribution in [0, 0.1) is 0 Å². The van der Waals surface area contributed by atoms with Crippen LogP contribution in [0.2, 0.25) is 0 Å². The van der Waals surface area contributed by atoms with Gasteiger partial charge in [0.2, 0.25) is 0 Å². The zero-order valence-corrected chi connectivity index (χ0v) is 15.9. The first-order valence-corrected chi connectivity index (χ1v) is 9.18. The smallest absolute Gasteiger partial charge is 0.00702 e. The van der Waals surface area contributed by atoms with Crippen molar-refractivity contribution < 1.29 is 0 Å². The second kappa shape index (κ2) is 4.85. The maximum atomic E-state index is 2.46. The molecule has 0 unspecified atom stereocenters. The van der Waals surface area contributed by atoms with Crippen molar-refractivity contribution in [2.24, 2.45) is 0 Å². The van der Waals surface area contributed by atoms with Gasteiger partial charge in [-0.1, -0.05) is 77.9 Å². The van der Waals surface area contributed by atoms with E-state index in [4.69, 9.17) is 0 Å². The first-order valence-electron chi connectivity index (χ1n) is 9.18. The van der Waals surface area contributed by atoms with E-state index in [0.29, 0.717) is 0 Å². The van der Waals surface area contributed by atoms with Crippen LogP contribution in [0.4, 0.5) is 0 Å². The van der Waals surface area contributed by atoms with E-state index in [1.807, 2.05) is 0 Å². The molecule has 0 heterocycles. The average Bonchev–Trinajstić information content (AvgIpc) is 2.50. The molecule has 3 aromatic carbocycles. The summed E-state index contributed by atoms with van der Waals surface area (Å²) in [6.45, 7) is 13.9. The molecule has 0 aliphatic heterocycles. The van der Waals surface area contributed by atoms with Crippen LogP contribution >= 0.6 is 0 Å². The minimum Gasteiger partial charge on any atom is -0.0561 e. The lowest BCUT2D eigenvalue weighted by Gasteiger charge is -2.27. The molecule has 3 aromatic rings. The standard InChI is InChI=1S/C24H28/c1-23(2,3)19-11-15-7-9-17-13-20(24(4,5)6)14-18-10-8-16(12-19)21(15)22(17)18/h7,9,11-14H,8,10H2,1-6H3. The fraction of sp³-hybridized carbons (Fsp3) is 0.417. The molecule has 0 atom stereocenters. The Morgan fingerprint density at radius 3 is 1.29 bits per heavy atom. The lowest BCUT2D eigenvalue weighted by Crippen LogP contribution is -2.14. The molecule has 4 rings (SSSR count). The highest BCUT2D eigenvalue weighted by molar-refractivity contribution is 6.12. The number of benzene rings is 3. The highest BCUT2D eigenvalue weighted by atomic mass is 14.3. The van der Waals surface area contributed by atoms with Gasteiger partial charge in [-0.25, -0.2) is 0 Å². The zero-order valence-electron chi connectivity index (χ0n) is 15.9. The van der Waals surface area contributed by atoms with Gasteiger partial charge < -0.3 is 0 Å². The fourth-order valence-electron chi connectivity index (χ4n) is 4.04. The molecule has 0 radical (unpaired) electrons. The number of hydrogen-bond donors (Lipinski definition) is 0. The topological polar surface area (TPSA) is 0 Å². The van der Waals surface area contributed by atoms with E-state index in [0.717, 1.165) is 0 Å². The molecular formula is C24H28. The Labute approximate surface area is 145 Å². The van der Waals surface area contributed by atoms with Gasteiger partial charge in [0.15, 0.2) is 0 Å². The van der Waals surface area contributed by atoms with Crippen LogP contribution in [0.25, 0.3) is 21.5 Å². The molecule has 1 aliphatic carbocycles. The second-order valence-corrected chi connectivity index (χ2v) is 9.53. The Morgan fingerprint density at radius 2 is 0.958 bits per heavy atom. The lowest BCUT2D eigenvalue weighted by molar-refractivity contribution is 0.589. The number of rotatable bonds is 0. The first-order chi connectivity index (χ1) is 11.1. The predicted molar refractivity (Wildman–Crippen MR) is 106 cm³/mol. The van der Waals surface area contributed by atoms with Crippen molar-refractivity contribution in [3.8, 4) is 0 Å². The first kappa shape index (κ1) is 15.7. The quantitative estimate of drug-likeness (QED) is 0.405. The predicted octanol–water partition coefficient (Wildman–Crippen LogP) is 6.69. The molecule has 0 saturated carbocycles. The number of hydrogen-bond acceptors (Lipinski definition) is 0. The van der Waals surface area contributed by atoms with Crippen molar-refractivity contribution in [1.29, 1.82) is 0 Å². The van der Waals surface area contributed by atoms with E-state index in [1.54, 1.807) is 11.1 Å². The van der Waals surface area contributed by atoms with Crippen molar-refractivity contribution in [1.82, 2.24) is 0 Å². The van der Waals surface area contributed by atoms with Crippen molar-refractivity contribution in [2.45, 2.75) is 65.2 Å². The summed E-state index contributed by atoms with van der Waals surface area (Å²) in [6, 6.07) is 14.4. The summed E-state index contributed by atoms with van der Waals surface area (Å²) in [4.78, 5) is 0. The van der Waals surface area contributed by atoms with Crippen LogP contribution < -0.4 is 0 Å². The third-order valence-corrected chi connectivity index (χ3v) is 5.59. The van der Waals surface area contributed by atoms with Crippen LogP contribution in [0.15, 0.2) is 36.4 Å². The van der Waals surface area contributed by atoms with Crippen molar-refractivity contribution in [3.05, 3.63) is 58.7 Å². The Kier molecular flexibility index (Phi) is 3.17. The van der Waals surface area contributed by atoms with Crippen LogP contribution in [0.5, 0.6) is 0 Å². The molecule has 0 saturated heterocycles.